The van der Waals surface area contributed by atoms with E-state index in [1.54, 1.807) is 0 Å². The molecule has 134 valence electrons. The number of likely N-dealkylation sites (tertiary alicyclic amines) is 1. The maximum absolute atomic E-state index is 12.0. The van der Waals surface area contributed by atoms with E-state index in [9.17, 15) is 4.79 Å². The number of halogens is 2. The summed E-state index contributed by atoms with van der Waals surface area (Å²) < 4.78 is 0. The van der Waals surface area contributed by atoms with Gasteiger partial charge in [-0.3, -0.25) is 4.79 Å². The van der Waals surface area contributed by atoms with Gasteiger partial charge in [-0.1, -0.05) is 13.3 Å². The summed E-state index contributed by atoms with van der Waals surface area (Å²) in [5.41, 5.74) is 5.28. The lowest BCUT2D eigenvalue weighted by Crippen LogP contribution is -2.53. The molecule has 1 amide bonds. The van der Waals surface area contributed by atoms with Crippen LogP contribution in [0.25, 0.3) is 0 Å². The summed E-state index contributed by atoms with van der Waals surface area (Å²) in [6.45, 7) is 7.72. The Labute approximate surface area is 148 Å². The minimum atomic E-state index is -0.729. The number of hydrogen-bond donors (Lipinski definition) is 2. The Morgan fingerprint density at radius 2 is 1.86 bits per heavy atom. The van der Waals surface area contributed by atoms with Gasteiger partial charge in [0, 0.05) is 19.1 Å². The van der Waals surface area contributed by atoms with E-state index >= 15 is 0 Å². The van der Waals surface area contributed by atoms with Crippen molar-refractivity contribution in [2.24, 2.45) is 5.73 Å². The van der Waals surface area contributed by atoms with Gasteiger partial charge < -0.3 is 20.9 Å². The average molecular weight is 357 g/mol. The maximum atomic E-state index is 12.0. The van der Waals surface area contributed by atoms with Gasteiger partial charge in [0.15, 0.2) is 0 Å². The van der Waals surface area contributed by atoms with E-state index in [4.69, 9.17) is 5.73 Å². The van der Waals surface area contributed by atoms with Crippen molar-refractivity contribution < 1.29 is 4.79 Å². The Balaban J connectivity index is 0. The molecular weight excluding hydrogens is 323 g/mol. The number of carbonyl (C=O) groups is 1. The Hall–Kier alpha value is -0.0700. The van der Waals surface area contributed by atoms with Crippen LogP contribution in [0.4, 0.5) is 0 Å². The first kappa shape index (κ1) is 24.2. The summed E-state index contributed by atoms with van der Waals surface area (Å²) in [5.74, 6) is -0.0254. The van der Waals surface area contributed by atoms with Crippen LogP contribution in [0, 0.1) is 0 Å². The number of nitrogens with one attached hydrogen (secondary N) is 1. The first-order valence-corrected chi connectivity index (χ1v) is 7.82. The van der Waals surface area contributed by atoms with Crippen LogP contribution in [-0.4, -0.2) is 67.6 Å². The SMILES string of the molecule is CCCC(C)(N)C(=O)NCCN1CCC(N(C)C)CC1.Cl.Cl. The van der Waals surface area contributed by atoms with Gasteiger partial charge in [-0.15, -0.1) is 24.8 Å². The topological polar surface area (TPSA) is 61.6 Å². The Morgan fingerprint density at radius 1 is 1.32 bits per heavy atom. The molecule has 5 nitrogen and oxygen atoms in total. The molecule has 1 rings (SSSR count). The number of piperidine rings is 1. The zero-order chi connectivity index (χ0) is 15.2. The molecule has 0 aromatic rings. The zero-order valence-corrected chi connectivity index (χ0v) is 16.1. The van der Waals surface area contributed by atoms with Gasteiger partial charge in [0.1, 0.15) is 0 Å². The van der Waals surface area contributed by atoms with Crippen LogP contribution in [0.15, 0.2) is 0 Å². The van der Waals surface area contributed by atoms with Crippen molar-refractivity contribution in [3.63, 3.8) is 0 Å². The van der Waals surface area contributed by atoms with Crippen molar-refractivity contribution >= 4 is 30.7 Å². The van der Waals surface area contributed by atoms with E-state index in [-0.39, 0.29) is 30.7 Å². The highest BCUT2D eigenvalue weighted by Gasteiger charge is 2.27. The minimum absolute atomic E-state index is 0. The lowest BCUT2D eigenvalue weighted by Gasteiger charge is -2.35. The third-order valence-electron chi connectivity index (χ3n) is 4.29. The molecule has 3 N–H and O–H groups in total. The lowest BCUT2D eigenvalue weighted by molar-refractivity contribution is -0.126. The second-order valence-electron chi connectivity index (χ2n) is 6.46. The fourth-order valence-electron chi connectivity index (χ4n) is 2.82. The van der Waals surface area contributed by atoms with Crippen molar-refractivity contribution in [1.82, 2.24) is 15.1 Å². The van der Waals surface area contributed by atoms with Gasteiger partial charge in [-0.05, 0) is 53.4 Å². The van der Waals surface area contributed by atoms with Gasteiger partial charge in [0.25, 0.3) is 0 Å². The number of carbonyl (C=O) groups excluding carboxylic acids is 1. The van der Waals surface area contributed by atoms with E-state index in [0.717, 1.165) is 32.5 Å². The number of amides is 1. The highest BCUT2D eigenvalue weighted by molar-refractivity contribution is 5.86. The molecule has 1 fully saturated rings. The summed E-state index contributed by atoms with van der Waals surface area (Å²) in [4.78, 5) is 16.7. The van der Waals surface area contributed by atoms with Gasteiger partial charge in [-0.2, -0.15) is 0 Å². The Morgan fingerprint density at radius 3 is 2.32 bits per heavy atom. The molecule has 0 aromatic carbocycles. The molecule has 22 heavy (non-hydrogen) atoms. The molecule has 0 saturated carbocycles. The van der Waals surface area contributed by atoms with Crippen molar-refractivity contribution in [1.29, 1.82) is 0 Å². The van der Waals surface area contributed by atoms with Crippen LogP contribution in [0.1, 0.15) is 39.5 Å². The van der Waals surface area contributed by atoms with Gasteiger partial charge >= 0.3 is 0 Å². The molecule has 0 radical (unpaired) electrons. The third-order valence-corrected chi connectivity index (χ3v) is 4.29. The van der Waals surface area contributed by atoms with E-state index in [2.05, 4.69) is 29.2 Å². The fraction of sp³-hybridized carbons (Fsp3) is 0.933. The highest BCUT2D eigenvalue weighted by Crippen LogP contribution is 2.13. The number of nitrogens with two attached hydrogens (primary N) is 1. The molecule has 0 spiro atoms. The largest absolute Gasteiger partial charge is 0.353 e. The van der Waals surface area contributed by atoms with E-state index in [0.29, 0.717) is 12.6 Å². The molecule has 1 unspecified atom stereocenters. The molecule has 0 aliphatic carbocycles. The summed E-state index contributed by atoms with van der Waals surface area (Å²) in [6.07, 6.45) is 4.09. The molecule has 0 bridgehead atoms. The predicted molar refractivity (Wildman–Crippen MR) is 98.2 cm³/mol. The fourth-order valence-corrected chi connectivity index (χ4v) is 2.82. The minimum Gasteiger partial charge on any atom is -0.353 e. The standard InChI is InChI=1S/C15H32N4O.2ClH/c1-5-8-15(2,16)14(20)17-9-12-19-10-6-13(7-11-19)18(3)4;;/h13H,5-12,16H2,1-4H3,(H,17,20);2*1H. The first-order valence-electron chi connectivity index (χ1n) is 7.82. The monoisotopic (exact) mass is 356 g/mol. The molecular formula is C15H34Cl2N4O. The molecule has 1 aliphatic rings. The Kier molecular flexibility index (Phi) is 12.6. The number of hydrogen-bond acceptors (Lipinski definition) is 4. The second kappa shape index (κ2) is 11.5. The molecule has 1 saturated heterocycles. The lowest BCUT2D eigenvalue weighted by atomic mass is 9.96. The molecule has 1 aliphatic heterocycles. The van der Waals surface area contributed by atoms with Crippen LogP contribution in [0.3, 0.4) is 0 Å². The number of nitrogens with zero attached hydrogens (tertiary/aromatic N) is 2. The third kappa shape index (κ3) is 7.97. The molecule has 7 heteroatoms. The molecule has 1 atom stereocenters. The maximum Gasteiger partial charge on any atom is 0.239 e. The second-order valence-corrected chi connectivity index (χ2v) is 6.46. The van der Waals surface area contributed by atoms with Crippen molar-refractivity contribution in [3.8, 4) is 0 Å². The van der Waals surface area contributed by atoms with Crippen LogP contribution >= 0.6 is 24.8 Å². The molecule has 1 heterocycles. The Bertz CT molecular complexity index is 306. The van der Waals surface area contributed by atoms with Gasteiger partial charge in [-0.25, -0.2) is 0 Å². The van der Waals surface area contributed by atoms with Crippen LogP contribution in [0.2, 0.25) is 0 Å². The van der Waals surface area contributed by atoms with Crippen LogP contribution in [0.5, 0.6) is 0 Å². The summed E-state index contributed by atoms with van der Waals surface area (Å²) in [5, 5.41) is 2.97. The predicted octanol–water partition coefficient (Wildman–Crippen LogP) is 1.49. The summed E-state index contributed by atoms with van der Waals surface area (Å²) in [7, 11) is 4.30. The normalized spacial score (nSPS) is 19.0. The molecule has 0 aromatic heterocycles. The van der Waals surface area contributed by atoms with Gasteiger partial charge in [0.05, 0.1) is 5.54 Å². The van der Waals surface area contributed by atoms with Crippen LogP contribution in [-0.2, 0) is 4.79 Å². The van der Waals surface area contributed by atoms with Crippen LogP contribution < -0.4 is 11.1 Å². The zero-order valence-electron chi connectivity index (χ0n) is 14.4. The highest BCUT2D eigenvalue weighted by atomic mass is 35.5. The van der Waals surface area contributed by atoms with E-state index in [1.807, 2.05) is 13.8 Å². The summed E-state index contributed by atoms with van der Waals surface area (Å²) >= 11 is 0. The summed E-state index contributed by atoms with van der Waals surface area (Å²) in [6, 6.07) is 0.706. The van der Waals surface area contributed by atoms with E-state index in [1.165, 1.54) is 12.8 Å². The van der Waals surface area contributed by atoms with Crippen molar-refractivity contribution in [3.05, 3.63) is 0 Å². The smallest absolute Gasteiger partial charge is 0.239 e. The van der Waals surface area contributed by atoms with E-state index < -0.39 is 5.54 Å². The number of rotatable bonds is 7. The quantitative estimate of drug-likeness (QED) is 0.725. The first-order chi connectivity index (χ1) is 9.36. The van der Waals surface area contributed by atoms with Crippen molar-refractivity contribution in [2.45, 2.75) is 51.1 Å². The average Bonchev–Trinajstić information content (AvgIpc) is 2.39. The van der Waals surface area contributed by atoms with Crippen molar-refractivity contribution in [2.75, 3.05) is 40.3 Å². The van der Waals surface area contributed by atoms with Gasteiger partial charge in [0.2, 0.25) is 5.91 Å².